The van der Waals surface area contributed by atoms with Gasteiger partial charge in [0.1, 0.15) is 0 Å². The molecule has 2 heteroatoms. The summed E-state index contributed by atoms with van der Waals surface area (Å²) in [4.78, 5) is 0. The quantitative estimate of drug-likeness (QED) is 0.623. The summed E-state index contributed by atoms with van der Waals surface area (Å²) in [7, 11) is 0. The lowest BCUT2D eigenvalue weighted by molar-refractivity contribution is -0.0752. The first-order valence-electron chi connectivity index (χ1n) is 8.09. The van der Waals surface area contributed by atoms with Gasteiger partial charge in [-0.1, -0.05) is 51.9 Å². The molecule has 18 heavy (non-hydrogen) atoms. The summed E-state index contributed by atoms with van der Waals surface area (Å²) in [6.07, 6.45) is 12.2. The summed E-state index contributed by atoms with van der Waals surface area (Å²) in [5, 5.41) is 10.4. The fourth-order valence-corrected chi connectivity index (χ4v) is 3.16. The molecule has 0 aromatic heterocycles. The van der Waals surface area contributed by atoms with Crippen molar-refractivity contribution in [3.63, 3.8) is 0 Å². The van der Waals surface area contributed by atoms with Crippen molar-refractivity contribution in [2.24, 2.45) is 5.92 Å². The van der Waals surface area contributed by atoms with Gasteiger partial charge in [-0.15, -0.1) is 0 Å². The molecule has 0 aromatic carbocycles. The molecule has 2 atom stereocenters. The van der Waals surface area contributed by atoms with E-state index in [9.17, 15) is 5.11 Å². The average Bonchev–Trinajstić information content (AvgIpc) is 2.41. The molecule has 0 aromatic rings. The van der Waals surface area contributed by atoms with Crippen LogP contribution in [-0.4, -0.2) is 23.9 Å². The van der Waals surface area contributed by atoms with Crippen LogP contribution in [0.4, 0.5) is 0 Å². The summed E-state index contributed by atoms with van der Waals surface area (Å²) < 4.78 is 5.85. The maximum Gasteiger partial charge on any atom is 0.0861 e. The Kier molecular flexibility index (Phi) is 8.70. The zero-order valence-electron chi connectivity index (χ0n) is 12.4. The predicted octanol–water partition coefficient (Wildman–Crippen LogP) is 4.30. The van der Waals surface area contributed by atoms with Gasteiger partial charge in [0, 0.05) is 6.61 Å². The monoisotopic (exact) mass is 256 g/mol. The molecule has 0 bridgehead atoms. The Balaban J connectivity index is 2.33. The van der Waals surface area contributed by atoms with E-state index in [0.29, 0.717) is 5.92 Å². The molecule has 0 aliphatic heterocycles. The lowest BCUT2D eigenvalue weighted by atomic mass is 9.82. The van der Waals surface area contributed by atoms with Crippen LogP contribution in [-0.2, 0) is 4.74 Å². The Morgan fingerprint density at radius 2 is 1.78 bits per heavy atom. The highest BCUT2D eigenvalue weighted by atomic mass is 16.5. The van der Waals surface area contributed by atoms with Gasteiger partial charge in [-0.2, -0.15) is 0 Å². The summed E-state index contributed by atoms with van der Waals surface area (Å²) in [5.74, 6) is 0.597. The van der Waals surface area contributed by atoms with Crippen LogP contribution in [0, 0.1) is 5.92 Å². The van der Waals surface area contributed by atoms with E-state index in [-0.39, 0.29) is 12.2 Å². The van der Waals surface area contributed by atoms with Gasteiger partial charge in [0.25, 0.3) is 0 Å². The second-order valence-electron chi connectivity index (χ2n) is 5.73. The second-order valence-corrected chi connectivity index (χ2v) is 5.73. The Hall–Kier alpha value is -0.0800. The van der Waals surface area contributed by atoms with Crippen molar-refractivity contribution in [1.82, 2.24) is 0 Å². The molecule has 108 valence electrons. The van der Waals surface area contributed by atoms with Crippen LogP contribution in [0.3, 0.4) is 0 Å². The maximum atomic E-state index is 10.4. The summed E-state index contributed by atoms with van der Waals surface area (Å²) in [6, 6.07) is 0. The molecule has 2 unspecified atom stereocenters. The van der Waals surface area contributed by atoms with Crippen molar-refractivity contribution in [3.8, 4) is 0 Å². The van der Waals surface area contributed by atoms with E-state index in [1.807, 2.05) is 6.92 Å². The van der Waals surface area contributed by atoms with Gasteiger partial charge in [-0.05, 0) is 32.1 Å². The first kappa shape index (κ1) is 16.0. The molecule has 1 N–H and O–H groups in total. The van der Waals surface area contributed by atoms with Gasteiger partial charge in [0.15, 0.2) is 0 Å². The van der Waals surface area contributed by atoms with Crippen molar-refractivity contribution in [2.45, 2.75) is 90.3 Å². The largest absolute Gasteiger partial charge is 0.390 e. The molecule has 0 radical (unpaired) electrons. The molecular weight excluding hydrogens is 224 g/mol. The SMILES string of the molecule is CCCCCCC(O)C(OCC)C1CCCCC1. The van der Waals surface area contributed by atoms with E-state index in [4.69, 9.17) is 4.74 Å². The number of ether oxygens (including phenoxy) is 1. The minimum Gasteiger partial charge on any atom is -0.390 e. The molecule has 1 aliphatic carbocycles. The van der Waals surface area contributed by atoms with Gasteiger partial charge in [-0.3, -0.25) is 0 Å². The fourth-order valence-electron chi connectivity index (χ4n) is 3.16. The number of unbranched alkanes of at least 4 members (excludes halogenated alkanes) is 3. The van der Waals surface area contributed by atoms with E-state index in [0.717, 1.165) is 19.4 Å². The molecule has 2 nitrogen and oxygen atoms in total. The molecule has 0 heterocycles. The van der Waals surface area contributed by atoms with Gasteiger partial charge in [-0.25, -0.2) is 0 Å². The van der Waals surface area contributed by atoms with Crippen LogP contribution in [0.1, 0.15) is 78.1 Å². The molecule has 0 spiro atoms. The third-order valence-electron chi connectivity index (χ3n) is 4.21. The third kappa shape index (κ3) is 5.71. The van der Waals surface area contributed by atoms with Gasteiger partial charge in [0.05, 0.1) is 12.2 Å². The highest BCUT2D eigenvalue weighted by Crippen LogP contribution is 2.30. The van der Waals surface area contributed by atoms with Crippen molar-refractivity contribution in [3.05, 3.63) is 0 Å². The Bertz CT molecular complexity index is 188. The van der Waals surface area contributed by atoms with Crippen LogP contribution in [0.25, 0.3) is 0 Å². The zero-order valence-corrected chi connectivity index (χ0v) is 12.4. The normalized spacial score (nSPS) is 20.8. The molecule has 1 saturated carbocycles. The molecule has 1 rings (SSSR count). The van der Waals surface area contributed by atoms with E-state index in [1.165, 1.54) is 51.4 Å². The van der Waals surface area contributed by atoms with E-state index >= 15 is 0 Å². The number of hydrogen-bond acceptors (Lipinski definition) is 2. The Labute approximate surface area is 113 Å². The van der Waals surface area contributed by atoms with Gasteiger partial charge >= 0.3 is 0 Å². The molecular formula is C16H32O2. The van der Waals surface area contributed by atoms with Gasteiger partial charge in [0.2, 0.25) is 0 Å². The maximum absolute atomic E-state index is 10.4. The molecule has 1 fully saturated rings. The van der Waals surface area contributed by atoms with Crippen LogP contribution in [0.2, 0.25) is 0 Å². The first-order chi connectivity index (χ1) is 8.79. The average molecular weight is 256 g/mol. The van der Waals surface area contributed by atoms with Crippen LogP contribution in [0.15, 0.2) is 0 Å². The molecule has 1 aliphatic rings. The second kappa shape index (κ2) is 9.80. The lowest BCUT2D eigenvalue weighted by Crippen LogP contribution is -2.37. The third-order valence-corrected chi connectivity index (χ3v) is 4.21. The van der Waals surface area contributed by atoms with Crippen molar-refractivity contribution >= 4 is 0 Å². The number of aliphatic hydroxyl groups is 1. The Morgan fingerprint density at radius 3 is 2.39 bits per heavy atom. The smallest absolute Gasteiger partial charge is 0.0861 e. The van der Waals surface area contributed by atoms with Gasteiger partial charge < -0.3 is 9.84 Å². The standard InChI is InChI=1S/C16H32O2/c1-3-5-6-10-13-15(17)16(18-4-2)14-11-8-7-9-12-14/h14-17H,3-13H2,1-2H3. The van der Waals surface area contributed by atoms with E-state index < -0.39 is 0 Å². The molecule has 0 saturated heterocycles. The summed E-state index contributed by atoms with van der Waals surface area (Å²) in [6.45, 7) is 4.99. The van der Waals surface area contributed by atoms with Crippen molar-refractivity contribution < 1.29 is 9.84 Å². The van der Waals surface area contributed by atoms with Crippen molar-refractivity contribution in [2.75, 3.05) is 6.61 Å². The highest BCUT2D eigenvalue weighted by molar-refractivity contribution is 4.80. The van der Waals surface area contributed by atoms with Crippen LogP contribution < -0.4 is 0 Å². The topological polar surface area (TPSA) is 29.5 Å². The summed E-state index contributed by atoms with van der Waals surface area (Å²) >= 11 is 0. The Morgan fingerprint density at radius 1 is 1.06 bits per heavy atom. The number of aliphatic hydroxyl groups excluding tert-OH is 1. The van der Waals surface area contributed by atoms with Crippen LogP contribution >= 0.6 is 0 Å². The number of hydrogen-bond donors (Lipinski definition) is 1. The lowest BCUT2D eigenvalue weighted by Gasteiger charge is -2.33. The minimum atomic E-state index is -0.245. The number of rotatable bonds is 9. The summed E-state index contributed by atoms with van der Waals surface area (Å²) in [5.41, 5.74) is 0. The van der Waals surface area contributed by atoms with E-state index in [2.05, 4.69) is 6.92 Å². The van der Waals surface area contributed by atoms with E-state index in [1.54, 1.807) is 0 Å². The fraction of sp³-hybridized carbons (Fsp3) is 1.00. The first-order valence-corrected chi connectivity index (χ1v) is 8.09. The predicted molar refractivity (Wildman–Crippen MR) is 76.8 cm³/mol. The van der Waals surface area contributed by atoms with Crippen LogP contribution in [0.5, 0.6) is 0 Å². The van der Waals surface area contributed by atoms with Crippen molar-refractivity contribution in [1.29, 1.82) is 0 Å². The molecule has 0 amide bonds. The zero-order chi connectivity index (χ0) is 13.2. The highest BCUT2D eigenvalue weighted by Gasteiger charge is 2.29. The minimum absolute atomic E-state index is 0.0944.